The normalized spacial score (nSPS) is 9.95. The van der Waals surface area contributed by atoms with Crippen LogP contribution in [0, 0.1) is 6.92 Å². The van der Waals surface area contributed by atoms with Crippen molar-refractivity contribution in [3.63, 3.8) is 0 Å². The van der Waals surface area contributed by atoms with Crippen LogP contribution in [0.5, 0.6) is 0 Å². The van der Waals surface area contributed by atoms with Gasteiger partial charge in [-0.25, -0.2) is 4.79 Å². The molecule has 19 heavy (non-hydrogen) atoms. The van der Waals surface area contributed by atoms with Crippen molar-refractivity contribution in [2.24, 2.45) is 5.73 Å². The Balaban J connectivity index is 1.99. The van der Waals surface area contributed by atoms with E-state index in [-0.39, 0.29) is 0 Å². The Bertz CT molecular complexity index is 564. The van der Waals surface area contributed by atoms with Gasteiger partial charge in [0.05, 0.1) is 0 Å². The maximum absolute atomic E-state index is 10.8. The van der Waals surface area contributed by atoms with Crippen molar-refractivity contribution in [1.29, 1.82) is 0 Å². The summed E-state index contributed by atoms with van der Waals surface area (Å²) >= 11 is 0. The predicted molar refractivity (Wildman–Crippen MR) is 78.2 cm³/mol. The first kappa shape index (κ1) is 13.0. The number of carbonyl (C=O) groups is 1. The van der Waals surface area contributed by atoms with Crippen LogP contribution in [-0.4, -0.2) is 6.03 Å². The van der Waals surface area contributed by atoms with E-state index in [2.05, 4.69) is 41.8 Å². The van der Waals surface area contributed by atoms with E-state index in [1.165, 1.54) is 11.1 Å². The van der Waals surface area contributed by atoms with E-state index < -0.39 is 6.03 Å². The Morgan fingerprint density at radius 2 is 1.79 bits per heavy atom. The van der Waals surface area contributed by atoms with Gasteiger partial charge < -0.3 is 16.4 Å². The number of nitrogens with one attached hydrogen (secondary N) is 2. The minimum Gasteiger partial charge on any atom is -0.381 e. The van der Waals surface area contributed by atoms with E-state index in [1.807, 2.05) is 18.2 Å². The van der Waals surface area contributed by atoms with Crippen molar-refractivity contribution >= 4 is 17.4 Å². The molecule has 2 amide bonds. The molecule has 0 aliphatic rings. The third-order valence-corrected chi connectivity index (χ3v) is 2.75. The number of hydrogen-bond acceptors (Lipinski definition) is 2. The minimum absolute atomic E-state index is 0.560. The number of amides is 2. The number of urea groups is 1. The average molecular weight is 255 g/mol. The summed E-state index contributed by atoms with van der Waals surface area (Å²) in [5.41, 5.74) is 9.16. The molecule has 0 unspecified atom stereocenters. The van der Waals surface area contributed by atoms with Gasteiger partial charge >= 0.3 is 6.03 Å². The molecule has 4 N–H and O–H groups in total. The molecule has 0 spiro atoms. The summed E-state index contributed by atoms with van der Waals surface area (Å²) < 4.78 is 0. The lowest BCUT2D eigenvalue weighted by Crippen LogP contribution is -2.19. The van der Waals surface area contributed by atoms with Crippen LogP contribution in [0.4, 0.5) is 16.2 Å². The fourth-order valence-electron chi connectivity index (χ4n) is 1.76. The first-order valence-corrected chi connectivity index (χ1v) is 6.09. The average Bonchev–Trinajstić information content (AvgIpc) is 2.38. The standard InChI is InChI=1S/C15H17N3O/c1-11-5-7-12(8-6-11)10-17-13-3-2-4-14(9-13)18-15(16)19/h2-9,17H,10H2,1H3,(H3,16,18,19). The predicted octanol–water partition coefficient (Wildman–Crippen LogP) is 3.10. The monoisotopic (exact) mass is 255 g/mol. The Kier molecular flexibility index (Phi) is 4.03. The largest absolute Gasteiger partial charge is 0.381 e. The number of benzene rings is 2. The summed E-state index contributed by atoms with van der Waals surface area (Å²) in [6.07, 6.45) is 0. The molecule has 4 nitrogen and oxygen atoms in total. The Labute approximate surface area is 112 Å². The zero-order chi connectivity index (χ0) is 13.7. The molecule has 0 saturated heterocycles. The molecular formula is C15H17N3O. The van der Waals surface area contributed by atoms with E-state index in [0.29, 0.717) is 5.69 Å². The summed E-state index contributed by atoms with van der Waals surface area (Å²) in [5, 5.41) is 5.85. The molecule has 4 heteroatoms. The van der Waals surface area contributed by atoms with Crippen LogP contribution in [0.2, 0.25) is 0 Å². The number of anilines is 2. The van der Waals surface area contributed by atoms with Gasteiger partial charge in [-0.1, -0.05) is 35.9 Å². The van der Waals surface area contributed by atoms with E-state index in [1.54, 1.807) is 6.07 Å². The lowest BCUT2D eigenvalue weighted by molar-refractivity contribution is 0.259. The van der Waals surface area contributed by atoms with Gasteiger partial charge in [-0.2, -0.15) is 0 Å². The van der Waals surface area contributed by atoms with Crippen LogP contribution >= 0.6 is 0 Å². The Hall–Kier alpha value is -2.49. The van der Waals surface area contributed by atoms with Crippen molar-refractivity contribution < 1.29 is 4.79 Å². The van der Waals surface area contributed by atoms with Crippen LogP contribution < -0.4 is 16.4 Å². The maximum Gasteiger partial charge on any atom is 0.316 e. The van der Waals surface area contributed by atoms with E-state index in [4.69, 9.17) is 5.73 Å². The van der Waals surface area contributed by atoms with Crippen LogP contribution in [0.15, 0.2) is 48.5 Å². The Morgan fingerprint density at radius 1 is 1.11 bits per heavy atom. The highest BCUT2D eigenvalue weighted by Crippen LogP contribution is 2.16. The molecule has 2 rings (SSSR count). The highest BCUT2D eigenvalue weighted by Gasteiger charge is 1.98. The van der Waals surface area contributed by atoms with Gasteiger partial charge in [0.15, 0.2) is 0 Å². The zero-order valence-electron chi connectivity index (χ0n) is 10.8. The summed E-state index contributed by atoms with van der Waals surface area (Å²) in [7, 11) is 0. The molecule has 98 valence electrons. The fraction of sp³-hybridized carbons (Fsp3) is 0.133. The number of carbonyl (C=O) groups excluding carboxylic acids is 1. The third kappa shape index (κ3) is 4.03. The third-order valence-electron chi connectivity index (χ3n) is 2.75. The molecule has 0 heterocycles. The van der Waals surface area contributed by atoms with E-state index in [9.17, 15) is 4.79 Å². The van der Waals surface area contributed by atoms with Crippen molar-refractivity contribution in [3.8, 4) is 0 Å². The number of nitrogens with two attached hydrogens (primary N) is 1. The SMILES string of the molecule is Cc1ccc(CNc2cccc(NC(N)=O)c2)cc1. The second kappa shape index (κ2) is 5.91. The molecule has 2 aromatic carbocycles. The molecule has 0 fully saturated rings. The van der Waals surface area contributed by atoms with Gasteiger partial charge in [0.2, 0.25) is 0 Å². The molecule has 0 aliphatic heterocycles. The summed E-state index contributed by atoms with van der Waals surface area (Å²) in [5.74, 6) is 0. The van der Waals surface area contributed by atoms with Gasteiger partial charge in [-0.3, -0.25) is 0 Å². The lowest BCUT2D eigenvalue weighted by atomic mass is 10.1. The zero-order valence-corrected chi connectivity index (χ0v) is 10.8. The first-order chi connectivity index (χ1) is 9.13. The van der Waals surface area contributed by atoms with Crippen molar-refractivity contribution in [3.05, 3.63) is 59.7 Å². The lowest BCUT2D eigenvalue weighted by Gasteiger charge is -2.09. The van der Waals surface area contributed by atoms with Gasteiger partial charge in [0, 0.05) is 17.9 Å². The molecule has 0 aromatic heterocycles. The van der Waals surface area contributed by atoms with Crippen LogP contribution in [0.3, 0.4) is 0 Å². The minimum atomic E-state index is -0.560. The summed E-state index contributed by atoms with van der Waals surface area (Å²) in [6.45, 7) is 2.80. The number of primary amides is 1. The van der Waals surface area contributed by atoms with Crippen molar-refractivity contribution in [1.82, 2.24) is 0 Å². The Morgan fingerprint density at radius 3 is 2.47 bits per heavy atom. The number of aryl methyl sites for hydroxylation is 1. The van der Waals surface area contributed by atoms with Crippen molar-refractivity contribution in [2.45, 2.75) is 13.5 Å². The molecule has 0 saturated carbocycles. The van der Waals surface area contributed by atoms with Gasteiger partial charge in [0.1, 0.15) is 0 Å². The van der Waals surface area contributed by atoms with E-state index in [0.717, 1.165) is 12.2 Å². The first-order valence-electron chi connectivity index (χ1n) is 6.09. The van der Waals surface area contributed by atoms with Crippen LogP contribution in [0.25, 0.3) is 0 Å². The highest BCUT2D eigenvalue weighted by atomic mass is 16.2. The fourth-order valence-corrected chi connectivity index (χ4v) is 1.76. The van der Waals surface area contributed by atoms with Gasteiger partial charge in [-0.05, 0) is 30.7 Å². The number of hydrogen-bond donors (Lipinski definition) is 3. The summed E-state index contributed by atoms with van der Waals surface area (Å²) in [6, 6.07) is 15.2. The molecule has 0 atom stereocenters. The topological polar surface area (TPSA) is 67.2 Å². The van der Waals surface area contributed by atoms with Crippen molar-refractivity contribution in [2.75, 3.05) is 10.6 Å². The summed E-state index contributed by atoms with van der Waals surface area (Å²) in [4.78, 5) is 10.8. The van der Waals surface area contributed by atoms with Crippen LogP contribution in [-0.2, 0) is 6.54 Å². The quantitative estimate of drug-likeness (QED) is 0.785. The van der Waals surface area contributed by atoms with Gasteiger partial charge in [-0.15, -0.1) is 0 Å². The molecule has 0 radical (unpaired) electrons. The second-order valence-corrected chi connectivity index (χ2v) is 4.41. The smallest absolute Gasteiger partial charge is 0.316 e. The van der Waals surface area contributed by atoms with E-state index >= 15 is 0 Å². The van der Waals surface area contributed by atoms with Crippen LogP contribution in [0.1, 0.15) is 11.1 Å². The van der Waals surface area contributed by atoms with Gasteiger partial charge in [0.25, 0.3) is 0 Å². The molecule has 0 aliphatic carbocycles. The molecule has 2 aromatic rings. The maximum atomic E-state index is 10.8. The highest BCUT2D eigenvalue weighted by molar-refractivity contribution is 5.88. The molecular weight excluding hydrogens is 238 g/mol. The molecule has 0 bridgehead atoms. The number of rotatable bonds is 4. The second-order valence-electron chi connectivity index (χ2n) is 4.41.